The summed E-state index contributed by atoms with van der Waals surface area (Å²) in [5.41, 5.74) is 11.5. The van der Waals surface area contributed by atoms with E-state index in [0.717, 1.165) is 42.3 Å². The summed E-state index contributed by atoms with van der Waals surface area (Å²) in [6.45, 7) is 4.70. The molecule has 8 aliphatic carbocycles. The average molecular weight is 603 g/mol. The molecule has 0 unspecified atom stereocenters. The number of nitrogens with two attached hydrogens (primary N) is 1. The quantitative estimate of drug-likeness (QED) is 0.268. The Morgan fingerprint density at radius 1 is 0.867 bits per heavy atom. The molecule has 10 aliphatic rings. The van der Waals surface area contributed by atoms with E-state index in [1.165, 1.54) is 93.9 Å². The van der Waals surface area contributed by atoms with Gasteiger partial charge in [0.15, 0.2) is 0 Å². The van der Waals surface area contributed by atoms with Crippen LogP contribution in [0, 0.1) is 76.4 Å². The first-order chi connectivity index (χ1) is 22.0. The molecule has 3 N–H and O–H groups in total. The molecule has 3 nitrogen and oxygen atoms in total. The van der Waals surface area contributed by atoms with Crippen LogP contribution in [0.3, 0.4) is 0 Å². The van der Waals surface area contributed by atoms with E-state index in [1.54, 1.807) is 0 Å². The molecule has 45 heavy (non-hydrogen) atoms. The van der Waals surface area contributed by atoms with Gasteiger partial charge in [-0.3, -0.25) is 0 Å². The molecule has 0 radical (unpaired) electrons. The number of anilines is 1. The number of carbonyl (C=O) groups excluding carboxylic acids is 1. The number of hydrogen-bond donors (Lipinski definition) is 2. The second-order valence-corrected chi connectivity index (χ2v) is 17.7. The number of fused-ring (bicyclic) bond motifs is 6. The van der Waals surface area contributed by atoms with E-state index in [0.29, 0.717) is 47.3 Å². The second kappa shape index (κ2) is 9.94. The summed E-state index contributed by atoms with van der Waals surface area (Å²) >= 11 is 0. The van der Waals surface area contributed by atoms with E-state index in [-0.39, 0.29) is 17.0 Å². The second-order valence-electron chi connectivity index (χ2n) is 17.7. The van der Waals surface area contributed by atoms with Crippen molar-refractivity contribution in [3.63, 3.8) is 0 Å². The fourth-order valence-electron chi connectivity index (χ4n) is 14.9. The topological polar surface area (TPSA) is 55.1 Å². The molecular weight excluding hydrogens is 548 g/mol. The zero-order valence-corrected chi connectivity index (χ0v) is 27.2. The SMILES string of the molecule is C=C1CC[C@H]2[C@H]([C@H]3C[C@@H](C4CCCCC4)C[C@H]13)[C@@]2([C@@H]1C=C[C@@H]2[C@@H](C1)C[C@H]1[C@H]2C[C@H]2C[C@@H]3C=C[C@]21Nc1ccccc13)[C@@H](N)C=O. The molecule has 3 heteroatoms. The Bertz CT molecular complexity index is 1450. The molecule has 11 rings (SSSR count). The number of hydrogen-bond acceptors (Lipinski definition) is 3. The number of nitrogens with one attached hydrogen (secondary N) is 1. The summed E-state index contributed by atoms with van der Waals surface area (Å²) in [6, 6.07) is 8.78. The molecule has 1 spiro atoms. The van der Waals surface area contributed by atoms with E-state index < -0.39 is 0 Å². The van der Waals surface area contributed by atoms with Crippen molar-refractivity contribution in [3.05, 3.63) is 66.3 Å². The number of aldehydes is 1. The predicted molar refractivity (Wildman–Crippen MR) is 181 cm³/mol. The molecule has 2 bridgehead atoms. The third-order valence-electron chi connectivity index (χ3n) is 16.6. The number of carbonyl (C=O) groups is 1. The summed E-state index contributed by atoms with van der Waals surface area (Å²) in [5, 5.41) is 4.21. The summed E-state index contributed by atoms with van der Waals surface area (Å²) in [4.78, 5) is 12.7. The van der Waals surface area contributed by atoms with Crippen LogP contribution in [0.5, 0.6) is 0 Å². The van der Waals surface area contributed by atoms with Crippen LogP contribution in [-0.2, 0) is 4.79 Å². The lowest BCUT2D eigenvalue weighted by molar-refractivity contribution is -0.111. The van der Waals surface area contributed by atoms with Crippen LogP contribution in [-0.4, -0.2) is 17.9 Å². The Labute approximate surface area is 270 Å². The van der Waals surface area contributed by atoms with Gasteiger partial charge in [-0.25, -0.2) is 0 Å². The molecule has 2 aliphatic heterocycles. The van der Waals surface area contributed by atoms with Crippen molar-refractivity contribution in [1.82, 2.24) is 0 Å². The van der Waals surface area contributed by atoms with Gasteiger partial charge < -0.3 is 15.8 Å². The minimum atomic E-state index is -0.332. The van der Waals surface area contributed by atoms with Crippen LogP contribution in [0.2, 0.25) is 0 Å². The molecule has 238 valence electrons. The smallest absolute Gasteiger partial charge is 0.137 e. The van der Waals surface area contributed by atoms with Crippen molar-refractivity contribution >= 4 is 12.0 Å². The lowest BCUT2D eigenvalue weighted by Crippen LogP contribution is -2.46. The highest BCUT2D eigenvalue weighted by Gasteiger charge is 2.74. The van der Waals surface area contributed by atoms with E-state index in [1.807, 2.05) is 0 Å². The Balaban J connectivity index is 0.941. The molecular formula is C42H54N2O. The van der Waals surface area contributed by atoms with E-state index >= 15 is 0 Å². The van der Waals surface area contributed by atoms with Crippen molar-refractivity contribution in [2.75, 3.05) is 5.32 Å². The summed E-state index contributed by atoms with van der Waals surface area (Å²) in [5.74, 6) is 9.02. The number of allylic oxidation sites excluding steroid dienone is 4. The van der Waals surface area contributed by atoms with Crippen LogP contribution in [0.25, 0.3) is 0 Å². The molecule has 1 aromatic carbocycles. The molecule has 2 heterocycles. The van der Waals surface area contributed by atoms with Gasteiger partial charge in [0.2, 0.25) is 0 Å². The van der Waals surface area contributed by atoms with Gasteiger partial charge in [0.05, 0.1) is 11.6 Å². The highest BCUT2D eigenvalue weighted by atomic mass is 16.1. The van der Waals surface area contributed by atoms with Crippen molar-refractivity contribution in [2.24, 2.45) is 82.2 Å². The standard InChI is InChI=1S/C42H54N2O/c1-24-11-14-36-40(35-20-27(19-33(24)35)25-7-3-2-4-8-25)42(36,39(43)23-45)29-12-13-31-28(18-29)21-37-34(31)22-30-17-26-15-16-41(30,37)44-38-10-6-5-9-32(26)38/h5-6,9-10,12-13,15-16,23,25-31,33-37,39-40,44H,1-4,7-8,11,14,17-22,43H2/t26-,27-,28-,29+,30+,31+,33+,34-,35-,36-,37-,39-,40-,41-,42+/m0/s1. The first-order valence-corrected chi connectivity index (χ1v) is 19.2. The first kappa shape index (κ1) is 27.9. The third-order valence-corrected chi connectivity index (χ3v) is 16.6. The van der Waals surface area contributed by atoms with Crippen LogP contribution >= 0.6 is 0 Å². The monoisotopic (exact) mass is 602 g/mol. The van der Waals surface area contributed by atoms with Crippen molar-refractivity contribution < 1.29 is 4.79 Å². The van der Waals surface area contributed by atoms with Gasteiger partial charge in [0.25, 0.3) is 0 Å². The largest absolute Gasteiger partial charge is 0.375 e. The summed E-state index contributed by atoms with van der Waals surface area (Å²) in [7, 11) is 0. The zero-order valence-electron chi connectivity index (χ0n) is 27.2. The van der Waals surface area contributed by atoms with Gasteiger partial charge in [-0.15, -0.1) is 0 Å². The average Bonchev–Trinajstić information content (AvgIpc) is 3.30. The van der Waals surface area contributed by atoms with Gasteiger partial charge in [-0.05, 0) is 134 Å². The van der Waals surface area contributed by atoms with Crippen molar-refractivity contribution in [3.8, 4) is 0 Å². The molecule has 1 aromatic rings. The highest BCUT2D eigenvalue weighted by Crippen LogP contribution is 2.77. The molecule has 15 atom stereocenters. The number of para-hydroxylation sites is 1. The van der Waals surface area contributed by atoms with Crippen molar-refractivity contribution in [2.45, 2.75) is 101 Å². The zero-order chi connectivity index (χ0) is 30.1. The summed E-state index contributed by atoms with van der Waals surface area (Å²) < 4.78 is 0. The predicted octanol–water partition coefficient (Wildman–Crippen LogP) is 8.69. The van der Waals surface area contributed by atoms with E-state index in [2.05, 4.69) is 53.9 Å². The van der Waals surface area contributed by atoms with E-state index in [9.17, 15) is 4.79 Å². The maximum atomic E-state index is 12.7. The van der Waals surface area contributed by atoms with Crippen LogP contribution in [0.15, 0.2) is 60.7 Å². The minimum absolute atomic E-state index is 0.0235. The van der Waals surface area contributed by atoms with Gasteiger partial charge in [-0.2, -0.15) is 0 Å². The van der Waals surface area contributed by atoms with E-state index in [4.69, 9.17) is 12.3 Å². The van der Waals surface area contributed by atoms with Gasteiger partial charge >= 0.3 is 0 Å². The van der Waals surface area contributed by atoms with Crippen LogP contribution in [0.4, 0.5) is 5.69 Å². The molecule has 6 saturated carbocycles. The Morgan fingerprint density at radius 3 is 2.60 bits per heavy atom. The fraction of sp³-hybridized carbons (Fsp3) is 0.690. The molecule has 0 aromatic heterocycles. The Morgan fingerprint density at radius 2 is 1.73 bits per heavy atom. The third kappa shape index (κ3) is 3.71. The van der Waals surface area contributed by atoms with Gasteiger partial charge in [0.1, 0.15) is 6.29 Å². The Kier molecular flexibility index (Phi) is 6.17. The van der Waals surface area contributed by atoms with Crippen molar-refractivity contribution in [1.29, 1.82) is 0 Å². The normalized spacial score (nSPS) is 51.1. The molecule has 6 fully saturated rings. The lowest BCUT2D eigenvalue weighted by atomic mass is 9.66. The van der Waals surface area contributed by atoms with Gasteiger partial charge in [0, 0.05) is 17.0 Å². The number of rotatable bonds is 4. The number of benzene rings is 1. The highest BCUT2D eigenvalue weighted by molar-refractivity contribution is 5.62. The van der Waals surface area contributed by atoms with Crippen LogP contribution < -0.4 is 11.1 Å². The maximum absolute atomic E-state index is 12.7. The molecule has 0 saturated heterocycles. The van der Waals surface area contributed by atoms with Gasteiger partial charge in [-0.1, -0.05) is 86.8 Å². The summed E-state index contributed by atoms with van der Waals surface area (Å²) in [6.07, 6.45) is 29.2. The minimum Gasteiger partial charge on any atom is -0.375 e. The maximum Gasteiger partial charge on any atom is 0.137 e. The molecule has 0 amide bonds. The lowest BCUT2D eigenvalue weighted by Gasteiger charge is -2.41. The first-order valence-electron chi connectivity index (χ1n) is 19.2. The fourth-order valence-corrected chi connectivity index (χ4v) is 14.9. The Hall–Kier alpha value is -2.13. The van der Waals surface area contributed by atoms with Crippen LogP contribution in [0.1, 0.15) is 95.0 Å².